The lowest BCUT2D eigenvalue weighted by Crippen LogP contribution is -2.13. The molecule has 0 saturated carbocycles. The van der Waals surface area contributed by atoms with Crippen LogP contribution in [0, 0.1) is 6.92 Å². The Bertz CT molecular complexity index is 1550. The smallest absolute Gasteiger partial charge is 0.417 e. The number of alkyl halides is 1. The predicted molar refractivity (Wildman–Crippen MR) is 185 cm³/mol. The first-order valence-corrected chi connectivity index (χ1v) is 15.8. The zero-order valence-corrected chi connectivity index (χ0v) is 28.7. The molecule has 0 aliphatic heterocycles. The van der Waals surface area contributed by atoms with Gasteiger partial charge in [-0.15, -0.1) is 0 Å². The van der Waals surface area contributed by atoms with Gasteiger partial charge < -0.3 is 9.47 Å². The molecule has 7 nitrogen and oxygen atoms in total. The molecule has 0 saturated heterocycles. The molecule has 3 aromatic carbocycles. The van der Waals surface area contributed by atoms with E-state index >= 15 is 0 Å². The van der Waals surface area contributed by atoms with Crippen molar-refractivity contribution in [2.75, 3.05) is 13.8 Å². The zero-order valence-electron chi connectivity index (χ0n) is 28.7. The van der Waals surface area contributed by atoms with Crippen LogP contribution in [0.4, 0.5) is 4.39 Å². The number of ether oxygens (including phenoxy) is 2. The number of carbonyl (C=O) groups excluding carboxylic acids is 1. The standard InChI is InChI=1S/C26H29N3O3.C10H13FO.C2H6/c1-6-9-24(27-17(2)3)23(18(4)30)16-19-12-14-20(15-13-19)21-10-7-8-11-22(21)25-28-26(31-5)32-29-25;1-8-3-5-10(6-4-8)12-9(2)7-11;1-2/h7-8,10-15H,6,9,16H2,1-5H3;3-6,9H,7H2,1-2H3;1-2H3/b24-23-;;. The first-order valence-electron chi connectivity index (χ1n) is 15.8. The first kappa shape index (κ1) is 37.6. The molecule has 1 atom stereocenters. The number of hydrogen-bond acceptors (Lipinski definition) is 7. The average Bonchev–Trinajstić information content (AvgIpc) is 3.55. The van der Waals surface area contributed by atoms with Gasteiger partial charge in [0.25, 0.3) is 0 Å². The monoisotopic (exact) mass is 629 g/mol. The van der Waals surface area contributed by atoms with Crippen LogP contribution in [0.2, 0.25) is 0 Å². The summed E-state index contributed by atoms with van der Waals surface area (Å²) in [6.45, 7) is 14.9. The maximum Gasteiger partial charge on any atom is 0.417 e. The van der Waals surface area contributed by atoms with Gasteiger partial charge in [0, 0.05) is 29.0 Å². The molecule has 0 spiro atoms. The van der Waals surface area contributed by atoms with Crippen LogP contribution < -0.4 is 9.47 Å². The van der Waals surface area contributed by atoms with Crippen LogP contribution in [0.3, 0.4) is 0 Å². The minimum Gasteiger partial charge on any atom is -0.488 e. The fourth-order valence-electron chi connectivity index (χ4n) is 4.43. The Labute approximate surface area is 273 Å². The van der Waals surface area contributed by atoms with E-state index in [0.29, 0.717) is 12.2 Å². The second kappa shape index (κ2) is 19.7. The van der Waals surface area contributed by atoms with E-state index < -0.39 is 6.67 Å². The van der Waals surface area contributed by atoms with Crippen molar-refractivity contribution < 1.29 is 23.2 Å². The predicted octanol–water partition coefficient (Wildman–Crippen LogP) is 9.84. The number of rotatable bonds is 12. The van der Waals surface area contributed by atoms with Crippen molar-refractivity contribution in [1.82, 2.24) is 10.1 Å². The topological polar surface area (TPSA) is 86.8 Å². The lowest BCUT2D eigenvalue weighted by Gasteiger charge is -2.12. The molecular weight excluding hydrogens is 581 g/mol. The molecule has 0 fully saturated rings. The maximum absolute atomic E-state index is 12.4. The molecule has 1 aromatic heterocycles. The minimum absolute atomic E-state index is 0.0684. The Hall–Kier alpha value is -4.59. The van der Waals surface area contributed by atoms with Crippen molar-refractivity contribution in [3.8, 4) is 34.3 Å². The van der Waals surface area contributed by atoms with E-state index in [0.717, 1.165) is 57.8 Å². The lowest BCUT2D eigenvalue weighted by atomic mass is 9.95. The number of carbonyl (C=O) groups is 1. The van der Waals surface area contributed by atoms with Crippen molar-refractivity contribution in [2.24, 2.45) is 4.99 Å². The highest BCUT2D eigenvalue weighted by Crippen LogP contribution is 2.32. The molecule has 0 radical (unpaired) electrons. The zero-order chi connectivity index (χ0) is 34.1. The second-order valence-electron chi connectivity index (χ2n) is 10.7. The summed E-state index contributed by atoms with van der Waals surface area (Å²) in [5.74, 6) is 1.27. The molecule has 246 valence electrons. The van der Waals surface area contributed by atoms with Crippen LogP contribution in [0.5, 0.6) is 11.8 Å². The maximum atomic E-state index is 12.4. The van der Waals surface area contributed by atoms with Crippen molar-refractivity contribution in [2.45, 2.75) is 80.8 Å². The number of aryl methyl sites for hydroxylation is 1. The number of halogens is 1. The summed E-state index contributed by atoms with van der Waals surface area (Å²) in [6.07, 6.45) is 2.07. The molecule has 0 N–H and O–H groups in total. The number of hydrogen-bond donors (Lipinski definition) is 0. The summed E-state index contributed by atoms with van der Waals surface area (Å²) in [5, 5.41) is 4.01. The van der Waals surface area contributed by atoms with Gasteiger partial charge in [-0.25, -0.2) is 4.39 Å². The Morgan fingerprint density at radius 3 is 2.11 bits per heavy atom. The van der Waals surface area contributed by atoms with E-state index in [2.05, 4.69) is 46.3 Å². The van der Waals surface area contributed by atoms with Crippen LogP contribution in [0.1, 0.15) is 72.4 Å². The third-order valence-electron chi connectivity index (χ3n) is 6.59. The van der Waals surface area contributed by atoms with Gasteiger partial charge in [-0.2, -0.15) is 4.98 Å². The van der Waals surface area contributed by atoms with E-state index in [1.807, 2.05) is 83.1 Å². The highest BCUT2D eigenvalue weighted by Gasteiger charge is 2.15. The normalized spacial score (nSPS) is 11.5. The molecule has 0 bridgehead atoms. The van der Waals surface area contributed by atoms with E-state index in [-0.39, 0.29) is 18.0 Å². The number of methoxy groups -OCH3 is 1. The molecule has 0 aliphatic carbocycles. The van der Waals surface area contributed by atoms with Crippen LogP contribution in [0.15, 0.2) is 93.6 Å². The highest BCUT2D eigenvalue weighted by molar-refractivity contribution is 5.95. The van der Waals surface area contributed by atoms with E-state index in [1.165, 1.54) is 12.7 Å². The van der Waals surface area contributed by atoms with Gasteiger partial charge in [-0.1, -0.05) is 98.6 Å². The molecule has 46 heavy (non-hydrogen) atoms. The fraction of sp³-hybridized carbons (Fsp3) is 0.368. The molecule has 1 heterocycles. The lowest BCUT2D eigenvalue weighted by molar-refractivity contribution is -0.113. The summed E-state index contributed by atoms with van der Waals surface area (Å²) in [5.41, 5.74) is 7.73. The van der Waals surface area contributed by atoms with Crippen molar-refractivity contribution in [3.05, 3.63) is 95.2 Å². The van der Waals surface area contributed by atoms with Gasteiger partial charge in [0.2, 0.25) is 5.82 Å². The number of allylic oxidation sites excluding steroid dienone is 2. The molecule has 0 amide bonds. The average molecular weight is 630 g/mol. The van der Waals surface area contributed by atoms with Crippen LogP contribution in [-0.2, 0) is 11.2 Å². The quantitative estimate of drug-likeness (QED) is 0.115. The third kappa shape index (κ3) is 11.7. The number of Topliss-reactive ketones (excluding diaryl/α,β-unsaturated/α-hetero) is 1. The number of aromatic nitrogens is 2. The Balaban J connectivity index is 0.000000439. The van der Waals surface area contributed by atoms with Gasteiger partial charge in [0.15, 0.2) is 5.78 Å². The molecule has 4 aromatic rings. The van der Waals surface area contributed by atoms with Crippen LogP contribution >= 0.6 is 0 Å². The van der Waals surface area contributed by atoms with Crippen LogP contribution in [-0.4, -0.2) is 41.5 Å². The summed E-state index contributed by atoms with van der Waals surface area (Å²) >= 11 is 0. The summed E-state index contributed by atoms with van der Waals surface area (Å²) in [7, 11) is 1.49. The SMILES string of the molecule is CC.CCC/C(N=C(C)C)=C(\Cc1ccc(-c2ccccc2-c2noc(OC)n2)cc1)C(C)=O.Cc1ccc(OC(C)CF)cc1. The minimum atomic E-state index is -0.451. The second-order valence-corrected chi connectivity index (χ2v) is 10.7. The summed E-state index contributed by atoms with van der Waals surface area (Å²) in [4.78, 5) is 21.3. The van der Waals surface area contributed by atoms with Gasteiger partial charge in [0.05, 0.1) is 7.11 Å². The molecule has 8 heteroatoms. The van der Waals surface area contributed by atoms with E-state index in [4.69, 9.17) is 14.0 Å². The van der Waals surface area contributed by atoms with Crippen molar-refractivity contribution in [3.63, 3.8) is 0 Å². The molecule has 4 rings (SSSR count). The van der Waals surface area contributed by atoms with Crippen molar-refractivity contribution >= 4 is 11.5 Å². The van der Waals surface area contributed by atoms with E-state index in [1.54, 1.807) is 13.8 Å². The Kier molecular flexibility index (Phi) is 16.1. The van der Waals surface area contributed by atoms with Gasteiger partial charge >= 0.3 is 6.08 Å². The number of benzene rings is 3. The summed E-state index contributed by atoms with van der Waals surface area (Å²) in [6, 6.07) is 23.7. The highest BCUT2D eigenvalue weighted by atomic mass is 19.1. The molecular formula is C38H48FN3O4. The van der Waals surface area contributed by atoms with Crippen LogP contribution in [0.25, 0.3) is 22.5 Å². The molecule has 0 aliphatic rings. The molecule has 1 unspecified atom stereocenters. The van der Waals surface area contributed by atoms with Gasteiger partial charge in [0.1, 0.15) is 18.5 Å². The number of nitrogens with zero attached hydrogens (tertiary/aromatic N) is 3. The Morgan fingerprint density at radius 2 is 1.59 bits per heavy atom. The number of aliphatic imine (C=N–C) groups is 1. The number of ketones is 1. The first-order chi connectivity index (χ1) is 22.1. The Morgan fingerprint density at radius 1 is 0.957 bits per heavy atom. The van der Waals surface area contributed by atoms with Gasteiger partial charge in [-0.05, 0) is 69.9 Å². The van der Waals surface area contributed by atoms with Gasteiger partial charge in [-0.3, -0.25) is 14.3 Å². The van der Waals surface area contributed by atoms with Crippen molar-refractivity contribution in [1.29, 1.82) is 0 Å². The van der Waals surface area contributed by atoms with E-state index in [9.17, 15) is 9.18 Å². The largest absolute Gasteiger partial charge is 0.488 e. The fourth-order valence-corrected chi connectivity index (χ4v) is 4.43. The third-order valence-corrected chi connectivity index (χ3v) is 6.59. The summed E-state index contributed by atoms with van der Waals surface area (Å²) < 4.78 is 27.4.